The van der Waals surface area contributed by atoms with Crippen molar-refractivity contribution in [2.24, 2.45) is 0 Å². The molecule has 0 saturated carbocycles. The highest BCUT2D eigenvalue weighted by molar-refractivity contribution is 7.87. The van der Waals surface area contributed by atoms with Crippen LogP contribution in [-0.4, -0.2) is 21.4 Å². The number of nitrogens with one attached hydrogen (secondary N) is 1. The number of hydrogen-bond acceptors (Lipinski definition) is 6. The molecule has 3 aromatic rings. The van der Waals surface area contributed by atoms with Gasteiger partial charge in [-0.15, -0.1) is 0 Å². The Morgan fingerprint density at radius 2 is 1.73 bits per heavy atom. The van der Waals surface area contributed by atoms with Crippen molar-refractivity contribution in [1.82, 2.24) is 0 Å². The van der Waals surface area contributed by atoms with Crippen LogP contribution in [0.4, 0.5) is 5.69 Å². The van der Waals surface area contributed by atoms with E-state index in [9.17, 15) is 18.5 Å². The number of benzene rings is 3. The Morgan fingerprint density at radius 3 is 2.33 bits per heavy atom. The number of nitrogens with zero attached hydrogens (tertiary/aromatic N) is 1. The molecule has 33 heavy (non-hydrogen) atoms. The first-order valence-electron chi connectivity index (χ1n) is 9.29. The SMILES string of the molecule is COc1cc(/C=C(\C#N)C(=O)Nc2ccc(Cl)cc2)cc(Cl)c1OS(=O)(=O)c1ccccc1. The highest BCUT2D eigenvalue weighted by atomic mass is 35.5. The second-order valence-electron chi connectivity index (χ2n) is 6.52. The van der Waals surface area contributed by atoms with Crippen molar-refractivity contribution in [2.75, 3.05) is 12.4 Å². The van der Waals surface area contributed by atoms with Crippen LogP contribution in [-0.2, 0) is 14.9 Å². The van der Waals surface area contributed by atoms with Crippen molar-refractivity contribution >= 4 is 51.0 Å². The fraction of sp³-hybridized carbons (Fsp3) is 0.0435. The lowest BCUT2D eigenvalue weighted by molar-refractivity contribution is -0.112. The van der Waals surface area contributed by atoms with Crippen LogP contribution < -0.4 is 14.2 Å². The van der Waals surface area contributed by atoms with Crippen molar-refractivity contribution in [3.63, 3.8) is 0 Å². The van der Waals surface area contributed by atoms with Gasteiger partial charge in [0.1, 0.15) is 16.5 Å². The summed E-state index contributed by atoms with van der Waals surface area (Å²) >= 11 is 12.1. The molecule has 3 aromatic carbocycles. The van der Waals surface area contributed by atoms with Crippen LogP contribution in [0, 0.1) is 11.3 Å². The molecule has 3 rings (SSSR count). The highest BCUT2D eigenvalue weighted by Gasteiger charge is 2.22. The van der Waals surface area contributed by atoms with Gasteiger partial charge < -0.3 is 14.2 Å². The Balaban J connectivity index is 1.90. The van der Waals surface area contributed by atoms with Gasteiger partial charge in [0.2, 0.25) is 5.75 Å². The quantitative estimate of drug-likeness (QED) is 0.266. The van der Waals surface area contributed by atoms with Gasteiger partial charge in [-0.1, -0.05) is 41.4 Å². The Hall–Kier alpha value is -3.51. The number of hydrogen-bond donors (Lipinski definition) is 1. The summed E-state index contributed by atoms with van der Waals surface area (Å²) in [5, 5.41) is 12.4. The molecule has 0 aliphatic heterocycles. The van der Waals surface area contributed by atoms with Gasteiger partial charge >= 0.3 is 10.1 Å². The van der Waals surface area contributed by atoms with Crippen molar-refractivity contribution in [2.45, 2.75) is 4.90 Å². The molecule has 0 spiro atoms. The lowest BCUT2D eigenvalue weighted by Gasteiger charge is -2.13. The van der Waals surface area contributed by atoms with E-state index in [1.165, 1.54) is 37.5 Å². The first-order valence-corrected chi connectivity index (χ1v) is 11.5. The van der Waals surface area contributed by atoms with Crippen molar-refractivity contribution < 1.29 is 22.1 Å². The first kappa shape index (κ1) is 24.1. The molecule has 0 bridgehead atoms. The molecule has 0 unspecified atom stereocenters. The monoisotopic (exact) mass is 502 g/mol. The average molecular weight is 503 g/mol. The zero-order valence-electron chi connectivity index (χ0n) is 17.1. The van der Waals surface area contributed by atoms with Crippen LogP contribution in [0.15, 0.2) is 77.2 Å². The molecule has 0 aliphatic carbocycles. The number of halogens is 2. The predicted molar refractivity (Wildman–Crippen MR) is 126 cm³/mol. The minimum absolute atomic E-state index is 0.00338. The fourth-order valence-electron chi connectivity index (χ4n) is 2.70. The number of nitriles is 1. The summed E-state index contributed by atoms with van der Waals surface area (Å²) in [4.78, 5) is 12.4. The molecule has 10 heteroatoms. The molecule has 1 N–H and O–H groups in total. The van der Waals surface area contributed by atoms with Crippen molar-refractivity contribution in [3.8, 4) is 17.6 Å². The van der Waals surface area contributed by atoms with Gasteiger partial charge in [-0.05, 0) is 60.2 Å². The van der Waals surface area contributed by atoms with E-state index in [4.69, 9.17) is 32.1 Å². The molecule has 0 saturated heterocycles. The summed E-state index contributed by atoms with van der Waals surface area (Å²) in [6, 6.07) is 18.5. The maximum absolute atomic E-state index is 12.6. The van der Waals surface area contributed by atoms with Gasteiger partial charge in [-0.2, -0.15) is 13.7 Å². The van der Waals surface area contributed by atoms with Gasteiger partial charge in [0.25, 0.3) is 5.91 Å². The van der Waals surface area contributed by atoms with Crippen LogP contribution in [0.1, 0.15) is 5.56 Å². The number of ether oxygens (including phenoxy) is 1. The molecule has 168 valence electrons. The maximum atomic E-state index is 12.6. The van der Waals surface area contributed by atoms with E-state index in [0.717, 1.165) is 0 Å². The third kappa shape index (κ3) is 6.05. The maximum Gasteiger partial charge on any atom is 0.339 e. The Bertz CT molecular complexity index is 1350. The minimum Gasteiger partial charge on any atom is -0.493 e. The van der Waals surface area contributed by atoms with Crippen LogP contribution in [0.3, 0.4) is 0 Å². The van der Waals surface area contributed by atoms with Gasteiger partial charge in [0.15, 0.2) is 5.75 Å². The van der Waals surface area contributed by atoms with Crippen molar-refractivity contribution in [3.05, 3.63) is 87.9 Å². The third-order valence-corrected chi connectivity index (χ3v) is 6.02. The van der Waals surface area contributed by atoms with E-state index in [0.29, 0.717) is 16.3 Å². The second kappa shape index (κ2) is 10.4. The van der Waals surface area contributed by atoms with Crippen LogP contribution >= 0.6 is 23.2 Å². The number of methoxy groups -OCH3 is 1. The smallest absolute Gasteiger partial charge is 0.339 e. The largest absolute Gasteiger partial charge is 0.493 e. The summed E-state index contributed by atoms with van der Waals surface area (Å²) in [5.74, 6) is -0.866. The summed E-state index contributed by atoms with van der Waals surface area (Å²) in [5.41, 5.74) is 0.564. The molecule has 0 aromatic heterocycles. The summed E-state index contributed by atoms with van der Waals surface area (Å²) in [7, 11) is -2.86. The van der Waals surface area contributed by atoms with E-state index in [1.54, 1.807) is 42.5 Å². The van der Waals surface area contributed by atoms with Gasteiger partial charge in [-0.3, -0.25) is 4.79 Å². The van der Waals surface area contributed by atoms with Gasteiger partial charge in [-0.25, -0.2) is 0 Å². The van der Waals surface area contributed by atoms with Crippen LogP contribution in [0.2, 0.25) is 10.0 Å². The Morgan fingerprint density at radius 1 is 1.06 bits per heavy atom. The highest BCUT2D eigenvalue weighted by Crippen LogP contribution is 2.38. The molecule has 1 amide bonds. The van der Waals surface area contributed by atoms with E-state index < -0.39 is 16.0 Å². The lowest BCUT2D eigenvalue weighted by atomic mass is 10.1. The third-order valence-electron chi connectivity index (χ3n) is 4.25. The molecule has 7 nitrogen and oxygen atoms in total. The normalized spacial score (nSPS) is 11.4. The lowest BCUT2D eigenvalue weighted by Crippen LogP contribution is -2.13. The van der Waals surface area contributed by atoms with E-state index in [2.05, 4.69) is 5.32 Å². The minimum atomic E-state index is -4.17. The van der Waals surface area contributed by atoms with E-state index >= 15 is 0 Å². The van der Waals surface area contributed by atoms with Crippen LogP contribution in [0.25, 0.3) is 6.08 Å². The molecule has 0 aliphatic rings. The Kier molecular flexibility index (Phi) is 7.61. The summed E-state index contributed by atoms with van der Waals surface area (Å²) < 4.78 is 35.6. The zero-order chi connectivity index (χ0) is 24.0. The topological polar surface area (TPSA) is 105 Å². The first-order chi connectivity index (χ1) is 15.7. The van der Waals surface area contributed by atoms with Crippen LogP contribution in [0.5, 0.6) is 11.5 Å². The number of carbonyl (C=O) groups excluding carboxylic acids is 1. The number of anilines is 1. The molecular weight excluding hydrogens is 487 g/mol. The van der Waals surface area contributed by atoms with E-state index in [-0.39, 0.29) is 27.0 Å². The second-order valence-corrected chi connectivity index (χ2v) is 8.91. The number of carbonyl (C=O) groups is 1. The fourth-order valence-corrected chi connectivity index (χ4v) is 4.10. The molecule has 0 fully saturated rings. The zero-order valence-corrected chi connectivity index (χ0v) is 19.4. The Labute approximate surface area is 200 Å². The molecule has 0 atom stereocenters. The number of rotatable bonds is 7. The van der Waals surface area contributed by atoms with E-state index in [1.807, 2.05) is 6.07 Å². The van der Waals surface area contributed by atoms with Gasteiger partial charge in [0, 0.05) is 10.7 Å². The van der Waals surface area contributed by atoms with Crippen molar-refractivity contribution in [1.29, 1.82) is 5.26 Å². The summed E-state index contributed by atoms with van der Waals surface area (Å²) in [6.07, 6.45) is 1.29. The standard InChI is InChI=1S/C23H16Cl2N2O5S/c1-31-21-13-15(11-16(14-26)23(28)27-18-9-7-17(24)8-10-18)12-20(25)22(21)32-33(29,30)19-5-3-2-4-6-19/h2-13H,1H3,(H,27,28)/b16-11+. The predicted octanol–water partition coefficient (Wildman–Crippen LogP) is 5.32. The number of amides is 1. The molecule has 0 radical (unpaired) electrons. The molecule has 0 heterocycles. The molecular formula is C23H16Cl2N2O5S. The summed E-state index contributed by atoms with van der Waals surface area (Å²) in [6.45, 7) is 0. The average Bonchev–Trinajstić information content (AvgIpc) is 2.80. The van der Waals surface area contributed by atoms with Gasteiger partial charge in [0.05, 0.1) is 12.1 Å².